The SMILES string of the molecule is CCCC(O)CNS(=O)(=O)N(C)CCC(=O)O. The molecule has 0 fully saturated rings. The van der Waals surface area contributed by atoms with Crippen molar-refractivity contribution in [2.45, 2.75) is 32.3 Å². The van der Waals surface area contributed by atoms with E-state index in [-0.39, 0.29) is 19.5 Å². The lowest BCUT2D eigenvalue weighted by atomic mass is 10.2. The van der Waals surface area contributed by atoms with Crippen LogP contribution in [0.1, 0.15) is 26.2 Å². The second-order valence-corrected chi connectivity index (χ2v) is 5.62. The highest BCUT2D eigenvalue weighted by Gasteiger charge is 2.18. The zero-order valence-corrected chi connectivity index (χ0v) is 10.9. The van der Waals surface area contributed by atoms with Crippen LogP contribution in [0, 0.1) is 0 Å². The molecule has 0 aliphatic heterocycles. The minimum Gasteiger partial charge on any atom is -0.481 e. The van der Waals surface area contributed by atoms with E-state index in [1.54, 1.807) is 0 Å². The summed E-state index contributed by atoms with van der Waals surface area (Å²) in [4.78, 5) is 10.3. The molecule has 0 saturated heterocycles. The first-order valence-corrected chi connectivity index (χ1v) is 6.84. The van der Waals surface area contributed by atoms with Crippen molar-refractivity contribution in [2.24, 2.45) is 0 Å². The zero-order valence-electron chi connectivity index (χ0n) is 10.1. The highest BCUT2D eigenvalue weighted by atomic mass is 32.2. The van der Waals surface area contributed by atoms with Gasteiger partial charge in [0.25, 0.3) is 10.2 Å². The molecular weight excluding hydrogens is 248 g/mol. The van der Waals surface area contributed by atoms with Crippen LogP contribution in [0.5, 0.6) is 0 Å². The average Bonchev–Trinajstić information content (AvgIpc) is 2.23. The Morgan fingerprint density at radius 1 is 1.47 bits per heavy atom. The number of carboxylic acid groups (broad SMARTS) is 1. The van der Waals surface area contributed by atoms with Gasteiger partial charge in [0, 0.05) is 20.1 Å². The van der Waals surface area contributed by atoms with Gasteiger partial charge in [0.2, 0.25) is 0 Å². The first kappa shape index (κ1) is 16.3. The van der Waals surface area contributed by atoms with Crippen LogP contribution < -0.4 is 4.72 Å². The molecule has 0 saturated carbocycles. The molecule has 0 amide bonds. The molecule has 1 unspecified atom stereocenters. The van der Waals surface area contributed by atoms with Crippen molar-refractivity contribution in [1.82, 2.24) is 9.03 Å². The topological polar surface area (TPSA) is 107 Å². The Hall–Kier alpha value is -0.700. The number of aliphatic hydroxyl groups is 1. The quantitative estimate of drug-likeness (QED) is 0.517. The summed E-state index contributed by atoms with van der Waals surface area (Å²) in [5.41, 5.74) is 0. The number of aliphatic hydroxyl groups excluding tert-OH is 1. The predicted octanol–water partition coefficient (Wildman–Crippen LogP) is -0.612. The highest BCUT2D eigenvalue weighted by molar-refractivity contribution is 7.87. The second kappa shape index (κ2) is 7.59. The van der Waals surface area contributed by atoms with Crippen molar-refractivity contribution in [3.05, 3.63) is 0 Å². The fourth-order valence-corrected chi connectivity index (χ4v) is 2.08. The summed E-state index contributed by atoms with van der Waals surface area (Å²) in [6, 6.07) is 0. The lowest BCUT2D eigenvalue weighted by molar-refractivity contribution is -0.137. The summed E-state index contributed by atoms with van der Waals surface area (Å²) in [7, 11) is -2.42. The number of hydrogen-bond acceptors (Lipinski definition) is 4. The van der Waals surface area contributed by atoms with E-state index in [1.807, 2.05) is 6.92 Å². The van der Waals surface area contributed by atoms with Gasteiger partial charge in [-0.3, -0.25) is 4.79 Å². The molecule has 102 valence electrons. The smallest absolute Gasteiger partial charge is 0.304 e. The van der Waals surface area contributed by atoms with Crippen LogP contribution in [0.3, 0.4) is 0 Å². The van der Waals surface area contributed by atoms with Crippen molar-refractivity contribution < 1.29 is 23.4 Å². The van der Waals surface area contributed by atoms with Gasteiger partial charge in [-0.15, -0.1) is 0 Å². The van der Waals surface area contributed by atoms with Crippen LogP contribution in [-0.2, 0) is 15.0 Å². The summed E-state index contributed by atoms with van der Waals surface area (Å²) in [5.74, 6) is -1.06. The summed E-state index contributed by atoms with van der Waals surface area (Å²) in [6.45, 7) is 1.72. The van der Waals surface area contributed by atoms with E-state index in [4.69, 9.17) is 5.11 Å². The standard InChI is InChI=1S/C9H20N2O5S/c1-3-4-8(12)7-10-17(15,16)11(2)6-5-9(13)14/h8,10,12H,3-7H2,1-2H3,(H,13,14). The number of aliphatic carboxylic acids is 1. The molecular formula is C9H20N2O5S. The monoisotopic (exact) mass is 268 g/mol. The maximum absolute atomic E-state index is 11.6. The van der Waals surface area contributed by atoms with Gasteiger partial charge in [0.05, 0.1) is 12.5 Å². The summed E-state index contributed by atoms with van der Waals surface area (Å²) >= 11 is 0. The van der Waals surface area contributed by atoms with Crippen LogP contribution in [0.15, 0.2) is 0 Å². The van der Waals surface area contributed by atoms with E-state index < -0.39 is 22.3 Å². The Bertz CT molecular complexity index is 330. The molecule has 8 heteroatoms. The lowest BCUT2D eigenvalue weighted by Crippen LogP contribution is -2.42. The van der Waals surface area contributed by atoms with Gasteiger partial charge in [0.1, 0.15) is 0 Å². The van der Waals surface area contributed by atoms with Gasteiger partial charge in [0.15, 0.2) is 0 Å². The third kappa shape index (κ3) is 7.27. The summed E-state index contributed by atoms with van der Waals surface area (Å²) in [6.07, 6.45) is 0.302. The van der Waals surface area contributed by atoms with E-state index in [9.17, 15) is 18.3 Å². The van der Waals surface area contributed by atoms with Gasteiger partial charge in [-0.2, -0.15) is 17.4 Å². The third-order valence-electron chi connectivity index (χ3n) is 2.17. The van der Waals surface area contributed by atoms with E-state index in [0.29, 0.717) is 6.42 Å². The molecule has 0 aliphatic rings. The van der Waals surface area contributed by atoms with Crippen molar-refractivity contribution in [2.75, 3.05) is 20.1 Å². The van der Waals surface area contributed by atoms with Crippen LogP contribution in [0.2, 0.25) is 0 Å². The Morgan fingerprint density at radius 2 is 2.06 bits per heavy atom. The molecule has 0 rings (SSSR count). The van der Waals surface area contributed by atoms with Crippen molar-refractivity contribution in [1.29, 1.82) is 0 Å². The van der Waals surface area contributed by atoms with Gasteiger partial charge in [-0.05, 0) is 6.42 Å². The van der Waals surface area contributed by atoms with Crippen LogP contribution in [0.4, 0.5) is 0 Å². The fraction of sp³-hybridized carbons (Fsp3) is 0.889. The Balaban J connectivity index is 4.13. The van der Waals surface area contributed by atoms with Crippen LogP contribution in [-0.4, -0.2) is 55.1 Å². The molecule has 0 aliphatic carbocycles. The molecule has 0 radical (unpaired) electrons. The molecule has 0 heterocycles. The number of carboxylic acids is 1. The molecule has 3 N–H and O–H groups in total. The highest BCUT2D eigenvalue weighted by Crippen LogP contribution is 1.99. The molecule has 0 aromatic heterocycles. The fourth-order valence-electron chi connectivity index (χ4n) is 1.12. The van der Waals surface area contributed by atoms with E-state index in [2.05, 4.69) is 4.72 Å². The Labute approximate surface area is 102 Å². The maximum Gasteiger partial charge on any atom is 0.304 e. The maximum atomic E-state index is 11.6. The van der Waals surface area contributed by atoms with Crippen LogP contribution in [0.25, 0.3) is 0 Å². The zero-order chi connectivity index (χ0) is 13.5. The molecule has 0 bridgehead atoms. The van der Waals surface area contributed by atoms with Crippen molar-refractivity contribution >= 4 is 16.2 Å². The average molecular weight is 268 g/mol. The minimum absolute atomic E-state index is 0.0619. The number of nitrogens with one attached hydrogen (secondary N) is 1. The lowest BCUT2D eigenvalue weighted by Gasteiger charge is -2.18. The molecule has 0 aromatic rings. The van der Waals surface area contributed by atoms with E-state index >= 15 is 0 Å². The van der Waals surface area contributed by atoms with E-state index in [1.165, 1.54) is 7.05 Å². The number of rotatable bonds is 9. The molecule has 1 atom stereocenters. The number of hydrogen-bond donors (Lipinski definition) is 3. The van der Waals surface area contributed by atoms with Gasteiger partial charge in [-0.1, -0.05) is 13.3 Å². The second-order valence-electron chi connectivity index (χ2n) is 3.76. The Kier molecular flexibility index (Phi) is 7.28. The summed E-state index contributed by atoms with van der Waals surface area (Å²) < 4.78 is 26.3. The predicted molar refractivity (Wildman–Crippen MR) is 62.7 cm³/mol. The Morgan fingerprint density at radius 3 is 2.53 bits per heavy atom. The first-order chi connectivity index (χ1) is 7.79. The first-order valence-electron chi connectivity index (χ1n) is 5.40. The molecule has 0 spiro atoms. The number of carbonyl (C=O) groups is 1. The van der Waals surface area contributed by atoms with Crippen molar-refractivity contribution in [3.8, 4) is 0 Å². The largest absolute Gasteiger partial charge is 0.481 e. The normalized spacial score (nSPS) is 13.9. The van der Waals surface area contributed by atoms with Crippen molar-refractivity contribution in [3.63, 3.8) is 0 Å². The van der Waals surface area contributed by atoms with Gasteiger partial charge in [-0.25, -0.2) is 0 Å². The minimum atomic E-state index is -3.71. The van der Waals surface area contributed by atoms with Gasteiger partial charge < -0.3 is 10.2 Å². The van der Waals surface area contributed by atoms with E-state index in [0.717, 1.165) is 10.7 Å². The molecule has 7 nitrogen and oxygen atoms in total. The van der Waals surface area contributed by atoms with Crippen LogP contribution >= 0.6 is 0 Å². The van der Waals surface area contributed by atoms with Gasteiger partial charge >= 0.3 is 5.97 Å². The molecule has 17 heavy (non-hydrogen) atoms. The third-order valence-corrected chi connectivity index (χ3v) is 3.71. The molecule has 0 aromatic carbocycles. The number of nitrogens with zero attached hydrogens (tertiary/aromatic N) is 1. The summed E-state index contributed by atoms with van der Waals surface area (Å²) in [5, 5.41) is 17.8.